The van der Waals surface area contributed by atoms with Crippen LogP contribution >= 0.6 is 0 Å². The number of likely N-dealkylation sites (tertiary alicyclic amines) is 1. The second-order valence-corrected chi connectivity index (χ2v) is 11.9. The van der Waals surface area contributed by atoms with Crippen molar-refractivity contribution in [3.63, 3.8) is 0 Å². The molecule has 4 aliphatic rings. The number of fused-ring (bicyclic) bond motifs is 1. The van der Waals surface area contributed by atoms with Crippen LogP contribution in [-0.4, -0.2) is 82.9 Å². The van der Waals surface area contributed by atoms with E-state index in [0.29, 0.717) is 29.9 Å². The predicted octanol–water partition coefficient (Wildman–Crippen LogP) is 3.32. The quantitative estimate of drug-likeness (QED) is 0.581. The Labute approximate surface area is 228 Å². The fourth-order valence-corrected chi connectivity index (χ4v) is 6.64. The lowest BCUT2D eigenvalue weighted by Crippen LogP contribution is -2.62. The Hall–Kier alpha value is -3.27. The predicted molar refractivity (Wildman–Crippen MR) is 144 cm³/mol. The molecule has 1 N–H and O–H groups in total. The number of carbonyl (C=O) groups is 2. The number of carbonyl (C=O) groups excluding carboxylic acids is 2. The first-order valence-electron chi connectivity index (χ1n) is 14.1. The van der Waals surface area contributed by atoms with Gasteiger partial charge in [0.1, 0.15) is 17.9 Å². The molecule has 1 spiro atoms. The normalized spacial score (nSPS) is 24.9. The zero-order chi connectivity index (χ0) is 27.3. The van der Waals surface area contributed by atoms with Crippen molar-refractivity contribution >= 4 is 17.6 Å². The Morgan fingerprint density at radius 1 is 1.23 bits per heavy atom. The van der Waals surface area contributed by atoms with Crippen LogP contribution in [0.5, 0.6) is 11.5 Å². The van der Waals surface area contributed by atoms with Gasteiger partial charge in [-0.2, -0.15) is 0 Å². The Morgan fingerprint density at radius 3 is 2.64 bits per heavy atom. The van der Waals surface area contributed by atoms with Gasteiger partial charge in [0, 0.05) is 44.2 Å². The summed E-state index contributed by atoms with van der Waals surface area (Å²) in [6, 6.07) is 3.99. The van der Waals surface area contributed by atoms with Crippen LogP contribution in [0.2, 0.25) is 0 Å². The molecule has 3 saturated heterocycles. The second-order valence-electron chi connectivity index (χ2n) is 11.9. The van der Waals surface area contributed by atoms with Crippen LogP contribution in [-0.2, 0) is 4.79 Å². The number of halogens is 1. The molecule has 1 aromatic heterocycles. The van der Waals surface area contributed by atoms with Crippen LogP contribution in [0.1, 0.15) is 50.4 Å². The molecule has 3 aliphatic heterocycles. The molecule has 1 aromatic carbocycles. The topological polar surface area (TPSA) is 90.9 Å². The van der Waals surface area contributed by atoms with Gasteiger partial charge in [-0.05, 0) is 76.6 Å². The van der Waals surface area contributed by atoms with E-state index in [-0.39, 0.29) is 40.6 Å². The maximum atomic E-state index is 14.2. The molecule has 9 nitrogen and oxygen atoms in total. The average molecular weight is 537 g/mol. The molecule has 0 bridgehead atoms. The summed E-state index contributed by atoms with van der Waals surface area (Å²) in [5, 5.41) is 3.41. The van der Waals surface area contributed by atoms with Crippen molar-refractivity contribution in [2.24, 2.45) is 17.3 Å². The van der Waals surface area contributed by atoms with Gasteiger partial charge in [0.25, 0.3) is 5.91 Å². The van der Waals surface area contributed by atoms with Crippen LogP contribution in [0, 0.1) is 23.1 Å². The number of nitrogens with zero attached hydrogens (tertiary/aromatic N) is 5. The minimum Gasteiger partial charge on any atom is -0.451 e. The fraction of sp³-hybridized carbons (Fsp3) is 0.586. The fourth-order valence-electron chi connectivity index (χ4n) is 6.64. The van der Waals surface area contributed by atoms with E-state index in [4.69, 9.17) is 4.74 Å². The van der Waals surface area contributed by atoms with Crippen LogP contribution in [0.15, 0.2) is 30.7 Å². The third-order valence-electron chi connectivity index (χ3n) is 9.03. The van der Waals surface area contributed by atoms with Crippen molar-refractivity contribution in [3.8, 4) is 11.5 Å². The van der Waals surface area contributed by atoms with Crippen LogP contribution in [0.3, 0.4) is 0 Å². The zero-order valence-corrected chi connectivity index (χ0v) is 22.9. The van der Waals surface area contributed by atoms with Crippen molar-refractivity contribution in [2.75, 3.05) is 44.2 Å². The molecule has 39 heavy (non-hydrogen) atoms. The molecular formula is C29H37FN6O3. The van der Waals surface area contributed by atoms with Crippen molar-refractivity contribution in [1.82, 2.24) is 25.1 Å². The molecule has 2 amide bonds. The van der Waals surface area contributed by atoms with Gasteiger partial charge < -0.3 is 24.8 Å². The highest BCUT2D eigenvalue weighted by molar-refractivity contribution is 5.97. The molecule has 6 rings (SSSR count). The maximum absolute atomic E-state index is 14.2. The van der Waals surface area contributed by atoms with E-state index < -0.39 is 5.82 Å². The van der Waals surface area contributed by atoms with E-state index in [1.54, 1.807) is 11.1 Å². The molecule has 1 aliphatic carbocycles. The minimum atomic E-state index is -0.495. The molecule has 10 heteroatoms. The Bertz CT molecular complexity index is 1260. The molecule has 208 valence electrons. The maximum Gasteiger partial charge on any atom is 0.257 e. The van der Waals surface area contributed by atoms with E-state index in [0.717, 1.165) is 45.6 Å². The van der Waals surface area contributed by atoms with Crippen LogP contribution in [0.4, 0.5) is 10.2 Å². The van der Waals surface area contributed by atoms with Gasteiger partial charge in [-0.1, -0.05) is 0 Å². The first-order valence-corrected chi connectivity index (χ1v) is 14.1. The zero-order valence-electron chi connectivity index (χ0n) is 22.9. The lowest BCUT2D eigenvalue weighted by Gasteiger charge is -2.54. The lowest BCUT2D eigenvalue weighted by molar-refractivity contribution is -0.136. The van der Waals surface area contributed by atoms with Gasteiger partial charge in [0.05, 0.1) is 17.8 Å². The summed E-state index contributed by atoms with van der Waals surface area (Å²) in [7, 11) is 0. The second kappa shape index (κ2) is 10.0. The molecule has 4 heterocycles. The van der Waals surface area contributed by atoms with Crippen LogP contribution < -0.4 is 15.0 Å². The van der Waals surface area contributed by atoms with Gasteiger partial charge in [0.15, 0.2) is 11.6 Å². The Kier molecular flexibility index (Phi) is 6.69. The third kappa shape index (κ3) is 4.83. The standard InChI is InChI=1S/C29H37FN6O3/c1-4-36(18(2)3)27(37)22-12-20(30)5-6-23(22)39-24-14-31-17-33-26(24)35-15-29(16-35)7-9-34(10-8-29)28(38)25-21-11-19(21)13-32-25/h5-6,12,14,17-19,21,25,32H,4,7-11,13,15-16H2,1-3H3/t19-,21-,25-/m0/s1. The van der Waals surface area contributed by atoms with E-state index in [2.05, 4.69) is 25.1 Å². The molecule has 0 radical (unpaired) electrons. The summed E-state index contributed by atoms with van der Waals surface area (Å²) < 4.78 is 20.4. The van der Waals surface area contributed by atoms with Gasteiger partial charge in [-0.15, -0.1) is 0 Å². The average Bonchev–Trinajstić information content (AvgIpc) is 3.57. The van der Waals surface area contributed by atoms with Crippen molar-refractivity contribution in [3.05, 3.63) is 42.1 Å². The Morgan fingerprint density at radius 2 is 2.00 bits per heavy atom. The first kappa shape index (κ1) is 26.0. The number of benzene rings is 1. The number of rotatable bonds is 7. The van der Waals surface area contributed by atoms with E-state index >= 15 is 0 Å². The number of hydrogen-bond donors (Lipinski definition) is 1. The van der Waals surface area contributed by atoms with Gasteiger partial charge in [0.2, 0.25) is 5.91 Å². The number of amides is 2. The number of anilines is 1. The molecule has 2 aromatic rings. The summed E-state index contributed by atoms with van der Waals surface area (Å²) in [6.07, 6.45) is 6.21. The highest BCUT2D eigenvalue weighted by Gasteiger charge is 2.53. The van der Waals surface area contributed by atoms with Gasteiger partial charge in [-0.3, -0.25) is 9.59 Å². The summed E-state index contributed by atoms with van der Waals surface area (Å²) in [6.45, 7) is 10.5. The monoisotopic (exact) mass is 536 g/mol. The highest BCUT2D eigenvalue weighted by Crippen LogP contribution is 2.47. The first-order chi connectivity index (χ1) is 18.8. The largest absolute Gasteiger partial charge is 0.451 e. The molecule has 1 saturated carbocycles. The summed E-state index contributed by atoms with van der Waals surface area (Å²) in [4.78, 5) is 40.8. The van der Waals surface area contributed by atoms with E-state index in [1.807, 2.05) is 20.8 Å². The molecule has 3 atom stereocenters. The Balaban J connectivity index is 1.13. The van der Waals surface area contributed by atoms with Crippen molar-refractivity contribution in [2.45, 2.75) is 52.1 Å². The molecule has 4 fully saturated rings. The number of piperidine rings is 2. The van der Waals surface area contributed by atoms with Gasteiger partial charge in [-0.25, -0.2) is 14.4 Å². The summed E-state index contributed by atoms with van der Waals surface area (Å²) >= 11 is 0. The number of nitrogens with one attached hydrogen (secondary N) is 1. The van der Waals surface area contributed by atoms with Gasteiger partial charge >= 0.3 is 0 Å². The van der Waals surface area contributed by atoms with E-state index in [9.17, 15) is 14.0 Å². The number of aromatic nitrogens is 2. The molecule has 0 unspecified atom stereocenters. The lowest BCUT2D eigenvalue weighted by atomic mass is 9.72. The highest BCUT2D eigenvalue weighted by atomic mass is 19.1. The summed E-state index contributed by atoms with van der Waals surface area (Å²) in [5.74, 6) is 2.13. The van der Waals surface area contributed by atoms with Crippen molar-refractivity contribution in [1.29, 1.82) is 0 Å². The number of hydrogen-bond acceptors (Lipinski definition) is 7. The van der Waals surface area contributed by atoms with Crippen molar-refractivity contribution < 1.29 is 18.7 Å². The van der Waals surface area contributed by atoms with E-state index in [1.165, 1.54) is 30.9 Å². The molecular weight excluding hydrogens is 499 g/mol. The minimum absolute atomic E-state index is 0.0239. The smallest absolute Gasteiger partial charge is 0.257 e. The number of ether oxygens (including phenoxy) is 1. The SMILES string of the molecule is CCN(C(=O)c1cc(F)ccc1Oc1cncnc1N1CC2(CCN(C(=O)[C@H]3NC[C@@H]4C[C@@H]43)CC2)C1)C(C)C. The van der Waals surface area contributed by atoms with Crippen LogP contribution in [0.25, 0.3) is 0 Å². The summed E-state index contributed by atoms with van der Waals surface area (Å²) in [5.41, 5.74) is 0.326. The third-order valence-corrected chi connectivity index (χ3v) is 9.03.